The highest BCUT2D eigenvalue weighted by Crippen LogP contribution is 2.63. The fourth-order valence-corrected chi connectivity index (χ4v) is 7.23. The summed E-state index contributed by atoms with van der Waals surface area (Å²) in [6, 6.07) is 48.5. The van der Waals surface area contributed by atoms with Crippen LogP contribution in [-0.4, -0.2) is 0 Å². The van der Waals surface area contributed by atoms with Crippen molar-refractivity contribution in [2.24, 2.45) is 0 Å². The van der Waals surface area contributed by atoms with E-state index in [1.54, 1.807) is 0 Å². The van der Waals surface area contributed by atoms with Crippen LogP contribution in [0.1, 0.15) is 22.3 Å². The summed E-state index contributed by atoms with van der Waals surface area (Å²) >= 11 is 0. The molecule has 6 aromatic carbocycles. The van der Waals surface area contributed by atoms with Crippen LogP contribution in [0.5, 0.6) is 0 Å². The number of benzene rings is 6. The molecule has 9 rings (SSSR count). The zero-order chi connectivity index (χ0) is 24.8. The van der Waals surface area contributed by atoms with Crippen molar-refractivity contribution >= 4 is 21.9 Å². The molecule has 176 valence electrons. The van der Waals surface area contributed by atoms with E-state index in [1.165, 1.54) is 55.5 Å². The van der Waals surface area contributed by atoms with Crippen molar-refractivity contribution in [3.8, 4) is 33.4 Å². The van der Waals surface area contributed by atoms with Gasteiger partial charge in [-0.15, -0.1) is 0 Å². The van der Waals surface area contributed by atoms with Crippen LogP contribution in [0.25, 0.3) is 55.3 Å². The Morgan fingerprint density at radius 2 is 0.947 bits per heavy atom. The van der Waals surface area contributed by atoms with Crippen molar-refractivity contribution in [1.29, 1.82) is 0 Å². The molecule has 0 saturated carbocycles. The van der Waals surface area contributed by atoms with Crippen LogP contribution in [-0.2, 0) is 5.41 Å². The maximum Gasteiger partial charge on any atom is 0.143 e. The van der Waals surface area contributed by atoms with Crippen molar-refractivity contribution in [1.82, 2.24) is 0 Å². The van der Waals surface area contributed by atoms with Gasteiger partial charge in [-0.1, -0.05) is 121 Å². The molecule has 38 heavy (non-hydrogen) atoms. The SMILES string of the molecule is c1ccc(-c2cccc3c2oc2cc4c(cc23)-c2ccccc2C42c3ccccc3-c3ccccc32)cc1. The molecule has 1 heteroatoms. The lowest BCUT2D eigenvalue weighted by atomic mass is 9.70. The molecule has 2 aliphatic carbocycles. The molecule has 1 spiro atoms. The van der Waals surface area contributed by atoms with Crippen LogP contribution in [0.4, 0.5) is 0 Å². The number of hydrogen-bond acceptors (Lipinski definition) is 1. The van der Waals surface area contributed by atoms with Crippen LogP contribution < -0.4 is 0 Å². The molecular formula is C37H22O. The molecular weight excluding hydrogens is 460 g/mol. The standard InChI is InChI=1S/C37H22O/c1-2-11-23(12-3-1)24-16-10-17-28-30-21-29-27-15-6-9-20-33(27)37(34(29)22-35(30)38-36(24)28)31-18-7-4-13-25(31)26-14-5-8-19-32(26)37/h1-22H. The van der Waals surface area contributed by atoms with Crippen molar-refractivity contribution in [3.05, 3.63) is 156 Å². The lowest BCUT2D eigenvalue weighted by molar-refractivity contribution is 0.667. The number of para-hydroxylation sites is 1. The minimum Gasteiger partial charge on any atom is -0.455 e. The third-order valence-corrected chi connectivity index (χ3v) is 8.70. The van der Waals surface area contributed by atoms with Crippen LogP contribution >= 0.6 is 0 Å². The summed E-state index contributed by atoms with van der Waals surface area (Å²) < 4.78 is 6.74. The van der Waals surface area contributed by atoms with Gasteiger partial charge in [0.05, 0.1) is 5.41 Å². The third-order valence-electron chi connectivity index (χ3n) is 8.70. The van der Waals surface area contributed by atoms with E-state index in [2.05, 4.69) is 133 Å². The molecule has 1 nitrogen and oxygen atoms in total. The molecule has 0 saturated heterocycles. The van der Waals surface area contributed by atoms with E-state index in [0.717, 1.165) is 22.1 Å². The van der Waals surface area contributed by atoms with Gasteiger partial charge in [0.2, 0.25) is 0 Å². The van der Waals surface area contributed by atoms with E-state index in [0.29, 0.717) is 0 Å². The molecule has 0 aliphatic heterocycles. The fraction of sp³-hybridized carbons (Fsp3) is 0.0270. The summed E-state index contributed by atoms with van der Waals surface area (Å²) in [4.78, 5) is 0. The molecule has 0 N–H and O–H groups in total. The normalized spacial score (nSPS) is 14.0. The maximum atomic E-state index is 6.74. The molecule has 0 fully saturated rings. The first-order chi connectivity index (χ1) is 18.9. The molecule has 0 unspecified atom stereocenters. The highest BCUT2D eigenvalue weighted by Gasteiger charge is 2.51. The monoisotopic (exact) mass is 482 g/mol. The van der Waals surface area contributed by atoms with Crippen LogP contribution in [0.3, 0.4) is 0 Å². The maximum absolute atomic E-state index is 6.74. The van der Waals surface area contributed by atoms with Crippen molar-refractivity contribution in [2.75, 3.05) is 0 Å². The largest absolute Gasteiger partial charge is 0.455 e. The predicted octanol–water partition coefficient (Wildman–Crippen LogP) is 9.60. The van der Waals surface area contributed by atoms with Gasteiger partial charge in [-0.05, 0) is 62.2 Å². The number of furan rings is 1. The van der Waals surface area contributed by atoms with Gasteiger partial charge in [-0.3, -0.25) is 0 Å². The van der Waals surface area contributed by atoms with Crippen LogP contribution in [0, 0.1) is 0 Å². The summed E-state index contributed by atoms with van der Waals surface area (Å²) in [5.74, 6) is 0. The Kier molecular flexibility index (Phi) is 3.78. The first kappa shape index (κ1) is 20.2. The minimum atomic E-state index is -0.353. The molecule has 1 heterocycles. The van der Waals surface area contributed by atoms with E-state index in [-0.39, 0.29) is 5.41 Å². The van der Waals surface area contributed by atoms with Crippen molar-refractivity contribution < 1.29 is 4.42 Å². The predicted molar refractivity (Wildman–Crippen MR) is 155 cm³/mol. The van der Waals surface area contributed by atoms with E-state index in [1.807, 2.05) is 0 Å². The summed E-state index contributed by atoms with van der Waals surface area (Å²) in [7, 11) is 0. The molecule has 2 aliphatic rings. The average Bonchev–Trinajstić information content (AvgIpc) is 3.60. The molecule has 0 amide bonds. The Hall–Kier alpha value is -4.88. The zero-order valence-electron chi connectivity index (χ0n) is 20.6. The fourth-order valence-electron chi connectivity index (χ4n) is 7.23. The van der Waals surface area contributed by atoms with Crippen molar-refractivity contribution in [2.45, 2.75) is 5.41 Å². The summed E-state index contributed by atoms with van der Waals surface area (Å²) in [6.45, 7) is 0. The van der Waals surface area contributed by atoms with E-state index in [4.69, 9.17) is 4.42 Å². The van der Waals surface area contributed by atoms with E-state index >= 15 is 0 Å². The third kappa shape index (κ3) is 2.33. The summed E-state index contributed by atoms with van der Waals surface area (Å²) in [5.41, 5.74) is 14.5. The summed E-state index contributed by atoms with van der Waals surface area (Å²) in [5, 5.41) is 2.33. The van der Waals surface area contributed by atoms with E-state index < -0.39 is 0 Å². The second-order valence-corrected chi connectivity index (χ2v) is 10.4. The first-order valence-electron chi connectivity index (χ1n) is 13.2. The lowest BCUT2D eigenvalue weighted by Gasteiger charge is -2.30. The second kappa shape index (κ2) is 7.12. The van der Waals surface area contributed by atoms with Gasteiger partial charge < -0.3 is 4.42 Å². The quantitative estimate of drug-likeness (QED) is 0.227. The Labute approximate surface area is 220 Å². The Bertz CT molecular complexity index is 2030. The van der Waals surface area contributed by atoms with Gasteiger partial charge in [-0.25, -0.2) is 0 Å². The van der Waals surface area contributed by atoms with Gasteiger partial charge >= 0.3 is 0 Å². The number of fused-ring (bicyclic) bond motifs is 13. The number of rotatable bonds is 1. The first-order valence-corrected chi connectivity index (χ1v) is 13.2. The molecule has 0 radical (unpaired) electrons. The molecule has 0 bridgehead atoms. The van der Waals surface area contributed by atoms with Gasteiger partial charge in [-0.2, -0.15) is 0 Å². The minimum absolute atomic E-state index is 0.353. The van der Waals surface area contributed by atoms with Gasteiger partial charge in [0.1, 0.15) is 11.2 Å². The van der Waals surface area contributed by atoms with Crippen LogP contribution in [0.15, 0.2) is 138 Å². The number of hydrogen-bond donors (Lipinski definition) is 0. The van der Waals surface area contributed by atoms with Crippen LogP contribution in [0.2, 0.25) is 0 Å². The molecule has 0 atom stereocenters. The Balaban J connectivity index is 1.43. The molecule has 1 aromatic heterocycles. The highest BCUT2D eigenvalue weighted by atomic mass is 16.3. The van der Waals surface area contributed by atoms with Gasteiger partial charge in [0.25, 0.3) is 0 Å². The zero-order valence-corrected chi connectivity index (χ0v) is 20.6. The van der Waals surface area contributed by atoms with Gasteiger partial charge in [0, 0.05) is 16.3 Å². The van der Waals surface area contributed by atoms with Gasteiger partial charge in [0.15, 0.2) is 0 Å². The molecule has 7 aromatic rings. The Morgan fingerprint density at radius 1 is 0.395 bits per heavy atom. The lowest BCUT2D eigenvalue weighted by Crippen LogP contribution is -2.25. The topological polar surface area (TPSA) is 13.1 Å². The average molecular weight is 483 g/mol. The Morgan fingerprint density at radius 3 is 1.61 bits per heavy atom. The van der Waals surface area contributed by atoms with E-state index in [9.17, 15) is 0 Å². The smallest absolute Gasteiger partial charge is 0.143 e. The summed E-state index contributed by atoms with van der Waals surface area (Å²) in [6.07, 6.45) is 0. The van der Waals surface area contributed by atoms with Crippen molar-refractivity contribution in [3.63, 3.8) is 0 Å². The highest BCUT2D eigenvalue weighted by molar-refractivity contribution is 6.12. The second-order valence-electron chi connectivity index (χ2n) is 10.4.